The van der Waals surface area contributed by atoms with Crippen LogP contribution < -0.4 is 9.47 Å². The van der Waals surface area contributed by atoms with Crippen LogP contribution in [0.1, 0.15) is 29.2 Å². The summed E-state index contributed by atoms with van der Waals surface area (Å²) in [5, 5.41) is 3.55. The van der Waals surface area contributed by atoms with Crippen LogP contribution >= 0.6 is 10.5 Å². The number of carbonyl (C=O) groups is 1. The summed E-state index contributed by atoms with van der Waals surface area (Å²) in [6.07, 6.45) is -3.38. The van der Waals surface area contributed by atoms with Crippen molar-refractivity contribution in [1.29, 1.82) is 0 Å². The molecule has 38 heavy (non-hydrogen) atoms. The molecule has 4 aromatic rings. The van der Waals surface area contributed by atoms with Crippen LogP contribution in [0, 0.1) is 20.8 Å². The summed E-state index contributed by atoms with van der Waals surface area (Å²) in [6.45, 7) is 11.0. The maximum atomic E-state index is 12.7. The monoisotopic (exact) mass is 541 g/mol. The summed E-state index contributed by atoms with van der Waals surface area (Å²) in [7, 11) is -0.172. The minimum atomic E-state index is -4.79. The van der Waals surface area contributed by atoms with Gasteiger partial charge in [-0.3, -0.25) is 0 Å². The first-order chi connectivity index (χ1) is 17.9. The van der Waals surface area contributed by atoms with E-state index in [0.29, 0.717) is 11.3 Å². The number of fused-ring (bicyclic) bond motifs is 1. The van der Waals surface area contributed by atoms with Crippen LogP contribution in [-0.4, -0.2) is 18.9 Å². The Bertz CT molecular complexity index is 1460. The second-order valence-electron chi connectivity index (χ2n) is 9.17. The minimum Gasteiger partial charge on any atom is -0.481 e. The molecule has 0 aliphatic rings. The average molecular weight is 542 g/mol. The van der Waals surface area contributed by atoms with Gasteiger partial charge >= 0.3 is 12.3 Å². The Kier molecular flexibility index (Phi) is 7.56. The number of esters is 1. The summed E-state index contributed by atoms with van der Waals surface area (Å²) in [5.74, 6) is -0.406. The summed E-state index contributed by atoms with van der Waals surface area (Å²) >= 11 is 0. The quantitative estimate of drug-likeness (QED) is 0.128. The molecule has 0 fully saturated rings. The van der Waals surface area contributed by atoms with E-state index in [1.165, 1.54) is 38.8 Å². The van der Waals surface area contributed by atoms with Gasteiger partial charge in [0.2, 0.25) is 0 Å². The number of hydrogen-bond donors (Lipinski definition) is 0. The van der Waals surface area contributed by atoms with E-state index >= 15 is 0 Å². The number of alkyl halides is 3. The highest BCUT2D eigenvalue weighted by Gasteiger charge is 2.32. The summed E-state index contributed by atoms with van der Waals surface area (Å²) in [4.78, 5) is 13.9. The lowest BCUT2D eigenvalue weighted by Gasteiger charge is -2.27. The fourth-order valence-corrected chi connectivity index (χ4v) is 6.65. The van der Waals surface area contributed by atoms with Gasteiger partial charge in [-0.1, -0.05) is 30.8 Å². The molecule has 0 saturated heterocycles. The third kappa shape index (κ3) is 5.86. The van der Waals surface area contributed by atoms with E-state index in [0.717, 1.165) is 23.3 Å². The van der Waals surface area contributed by atoms with Crippen molar-refractivity contribution in [3.8, 4) is 16.4 Å². The van der Waals surface area contributed by atoms with Gasteiger partial charge in [0.25, 0.3) is 0 Å². The van der Waals surface area contributed by atoms with Crippen molar-refractivity contribution in [2.75, 3.05) is 6.61 Å². The van der Waals surface area contributed by atoms with Crippen LogP contribution in [-0.2, 0) is 15.1 Å². The van der Waals surface area contributed by atoms with Crippen molar-refractivity contribution in [2.24, 2.45) is 0 Å². The molecule has 4 rings (SSSR count). The molecule has 0 amide bonds. The van der Waals surface area contributed by atoms with Crippen LogP contribution in [0.3, 0.4) is 0 Å². The van der Waals surface area contributed by atoms with Crippen LogP contribution in [0.25, 0.3) is 15.0 Å². The molecule has 198 valence electrons. The van der Waals surface area contributed by atoms with Gasteiger partial charge in [-0.2, -0.15) is 0 Å². The summed E-state index contributed by atoms with van der Waals surface area (Å²) < 4.78 is 54.0. The SMILES string of the molecule is C=CC(C)(OC(=O)COc1c(C)cc(-[s+]2cc(C)c3ccccc32)cc1C)c1ccc(OC(F)(F)F)cc1. The van der Waals surface area contributed by atoms with E-state index in [-0.39, 0.29) is 22.8 Å². The van der Waals surface area contributed by atoms with Gasteiger partial charge in [0.05, 0.1) is 0 Å². The largest absolute Gasteiger partial charge is 0.573 e. The predicted octanol–water partition coefficient (Wildman–Crippen LogP) is 8.43. The van der Waals surface area contributed by atoms with Crippen molar-refractivity contribution in [3.05, 3.63) is 101 Å². The van der Waals surface area contributed by atoms with Gasteiger partial charge in [-0.15, -0.1) is 13.2 Å². The molecule has 3 aromatic carbocycles. The Morgan fingerprint density at radius 1 is 0.974 bits per heavy atom. The second kappa shape index (κ2) is 10.5. The van der Waals surface area contributed by atoms with Crippen molar-refractivity contribution in [1.82, 2.24) is 0 Å². The van der Waals surface area contributed by atoms with Crippen molar-refractivity contribution in [3.63, 3.8) is 0 Å². The van der Waals surface area contributed by atoms with E-state index in [1.807, 2.05) is 19.9 Å². The lowest BCUT2D eigenvalue weighted by atomic mass is 9.96. The zero-order valence-corrected chi connectivity index (χ0v) is 22.3. The standard InChI is InChI=1S/C30H28F3O4S/c1-6-29(5,22-11-13-23(14-12-22)36-30(31,32)33)37-27(34)17-35-28-19(2)15-24(16-20(28)3)38-18-21(4)25-9-7-8-10-26(25)38/h6-16,18H,1,17H2,2-5H3/q+1. The van der Waals surface area contributed by atoms with Crippen LogP contribution in [0.4, 0.5) is 13.2 Å². The van der Waals surface area contributed by atoms with E-state index in [9.17, 15) is 18.0 Å². The van der Waals surface area contributed by atoms with Crippen molar-refractivity contribution in [2.45, 2.75) is 39.7 Å². The number of halogens is 3. The number of ether oxygens (including phenoxy) is 3. The van der Waals surface area contributed by atoms with Gasteiger partial charge in [-0.05, 0) is 74.7 Å². The van der Waals surface area contributed by atoms with Crippen LogP contribution in [0.2, 0.25) is 0 Å². The second-order valence-corrected chi connectivity index (χ2v) is 11.0. The molecule has 0 spiro atoms. The van der Waals surface area contributed by atoms with E-state index in [4.69, 9.17) is 9.47 Å². The molecule has 8 heteroatoms. The smallest absolute Gasteiger partial charge is 0.481 e. The normalized spacial score (nSPS) is 13.6. The lowest BCUT2D eigenvalue weighted by Crippen LogP contribution is -2.29. The molecule has 1 aromatic heterocycles. The summed E-state index contributed by atoms with van der Waals surface area (Å²) in [5.41, 5.74) is 2.24. The molecule has 0 N–H and O–H groups in total. The molecule has 0 aliphatic heterocycles. The highest BCUT2D eigenvalue weighted by atomic mass is 32.2. The van der Waals surface area contributed by atoms with Gasteiger partial charge in [-0.25, -0.2) is 4.79 Å². The summed E-state index contributed by atoms with van der Waals surface area (Å²) in [6, 6.07) is 17.7. The zero-order chi connectivity index (χ0) is 27.7. The van der Waals surface area contributed by atoms with Gasteiger partial charge in [0.15, 0.2) is 21.8 Å². The van der Waals surface area contributed by atoms with E-state index < -0.39 is 17.9 Å². The highest BCUT2D eigenvalue weighted by molar-refractivity contribution is 7.43. The Morgan fingerprint density at radius 3 is 2.21 bits per heavy atom. The van der Waals surface area contributed by atoms with Gasteiger partial charge < -0.3 is 14.2 Å². The van der Waals surface area contributed by atoms with Crippen LogP contribution in [0.15, 0.2) is 78.7 Å². The molecular weight excluding hydrogens is 513 g/mol. The predicted molar refractivity (Wildman–Crippen MR) is 144 cm³/mol. The molecule has 4 nitrogen and oxygen atoms in total. The Morgan fingerprint density at radius 2 is 1.61 bits per heavy atom. The van der Waals surface area contributed by atoms with Gasteiger partial charge in [0.1, 0.15) is 16.9 Å². The molecular formula is C30H28F3O4S+. The van der Waals surface area contributed by atoms with E-state index in [1.54, 1.807) is 6.92 Å². The maximum Gasteiger partial charge on any atom is 0.573 e. The number of carbonyl (C=O) groups excluding carboxylic acids is 1. The fraction of sp³-hybridized carbons (Fsp3) is 0.233. The molecule has 0 bridgehead atoms. The zero-order valence-electron chi connectivity index (χ0n) is 21.5. The van der Waals surface area contributed by atoms with E-state index in [2.05, 4.69) is 54.0 Å². The van der Waals surface area contributed by atoms with Crippen LogP contribution in [0.5, 0.6) is 11.5 Å². The topological polar surface area (TPSA) is 44.8 Å². The van der Waals surface area contributed by atoms with Gasteiger partial charge in [0, 0.05) is 33.6 Å². The number of rotatable bonds is 8. The third-order valence-corrected chi connectivity index (χ3v) is 8.40. The first-order valence-electron chi connectivity index (χ1n) is 11.9. The molecule has 2 atom stereocenters. The number of hydrogen-bond acceptors (Lipinski definition) is 4. The lowest BCUT2D eigenvalue weighted by molar-refractivity contribution is -0.274. The first kappa shape index (κ1) is 27.3. The van der Waals surface area contributed by atoms with Crippen molar-refractivity contribution < 1.29 is 32.2 Å². The molecule has 0 radical (unpaired) electrons. The molecule has 2 unspecified atom stereocenters. The fourth-order valence-electron chi connectivity index (χ4n) is 4.35. The molecule has 0 saturated carbocycles. The average Bonchev–Trinajstić information content (AvgIpc) is 3.19. The minimum absolute atomic E-state index is 0.172. The molecule has 0 aliphatic carbocycles. The Hall–Kier alpha value is -3.78. The maximum absolute atomic E-state index is 12.7. The highest BCUT2D eigenvalue weighted by Crippen LogP contribution is 2.44. The number of benzene rings is 3. The number of thiophene rings is 1. The van der Waals surface area contributed by atoms with Crippen molar-refractivity contribution >= 4 is 26.5 Å². The first-order valence-corrected chi connectivity index (χ1v) is 13.2. The Balaban J connectivity index is 1.47. The third-order valence-electron chi connectivity index (χ3n) is 6.24. The number of aryl methyl sites for hydroxylation is 3. The molecule has 1 heterocycles. The Labute approximate surface area is 222 Å².